The SMILES string of the molecule is Cc1cc(O[C@H](C)C(=O)NCCSCc2cccc(Cl)c2)cc(C)c1Cl. The molecule has 0 saturated heterocycles. The Hall–Kier alpha value is -1.36. The largest absolute Gasteiger partial charge is 0.481 e. The van der Waals surface area contributed by atoms with Gasteiger partial charge < -0.3 is 10.1 Å². The summed E-state index contributed by atoms with van der Waals surface area (Å²) in [6.07, 6.45) is -0.562. The highest BCUT2D eigenvalue weighted by Crippen LogP contribution is 2.26. The molecule has 1 atom stereocenters. The number of nitrogens with one attached hydrogen (secondary N) is 1. The van der Waals surface area contributed by atoms with Crippen molar-refractivity contribution in [3.8, 4) is 5.75 Å². The third-order valence-electron chi connectivity index (χ3n) is 3.80. The molecular formula is C20H23Cl2NO2S. The Morgan fingerprint density at radius 3 is 2.54 bits per heavy atom. The number of halogens is 2. The van der Waals surface area contributed by atoms with Crippen molar-refractivity contribution in [2.75, 3.05) is 12.3 Å². The van der Waals surface area contributed by atoms with Crippen molar-refractivity contribution in [1.29, 1.82) is 0 Å². The number of carbonyl (C=O) groups excluding carboxylic acids is 1. The summed E-state index contributed by atoms with van der Waals surface area (Å²) in [5, 5.41) is 4.38. The van der Waals surface area contributed by atoms with Crippen LogP contribution in [0.25, 0.3) is 0 Å². The van der Waals surface area contributed by atoms with Gasteiger partial charge in [-0.1, -0.05) is 35.3 Å². The fourth-order valence-electron chi connectivity index (χ4n) is 2.44. The van der Waals surface area contributed by atoms with Crippen LogP contribution in [0.3, 0.4) is 0 Å². The Balaban J connectivity index is 1.72. The molecule has 2 aromatic rings. The minimum atomic E-state index is -0.562. The smallest absolute Gasteiger partial charge is 0.260 e. The number of aryl methyl sites for hydroxylation is 2. The van der Waals surface area contributed by atoms with E-state index in [2.05, 4.69) is 5.32 Å². The first kappa shape index (κ1) is 20.9. The predicted octanol–water partition coefficient (Wildman–Crippen LogP) is 5.43. The molecule has 140 valence electrons. The van der Waals surface area contributed by atoms with Crippen LogP contribution in [0.4, 0.5) is 0 Å². The third-order valence-corrected chi connectivity index (χ3v) is 5.66. The number of benzene rings is 2. The Bertz CT molecular complexity index is 744. The van der Waals surface area contributed by atoms with E-state index in [-0.39, 0.29) is 5.91 Å². The molecule has 6 heteroatoms. The van der Waals surface area contributed by atoms with E-state index in [1.165, 1.54) is 5.56 Å². The lowest BCUT2D eigenvalue weighted by atomic mass is 10.1. The van der Waals surface area contributed by atoms with Crippen LogP contribution in [0.15, 0.2) is 36.4 Å². The first-order valence-corrected chi connectivity index (χ1v) is 10.3. The lowest BCUT2D eigenvalue weighted by Crippen LogP contribution is -2.37. The normalized spacial score (nSPS) is 11.9. The topological polar surface area (TPSA) is 38.3 Å². The quantitative estimate of drug-likeness (QED) is 0.588. The van der Waals surface area contributed by atoms with Crippen molar-refractivity contribution >= 4 is 40.9 Å². The molecule has 26 heavy (non-hydrogen) atoms. The molecule has 2 rings (SSSR count). The zero-order chi connectivity index (χ0) is 19.1. The van der Waals surface area contributed by atoms with Gasteiger partial charge in [-0.15, -0.1) is 0 Å². The molecule has 0 unspecified atom stereocenters. The van der Waals surface area contributed by atoms with Crippen molar-refractivity contribution in [3.63, 3.8) is 0 Å². The third kappa shape index (κ3) is 6.42. The van der Waals surface area contributed by atoms with E-state index in [0.29, 0.717) is 12.3 Å². The highest BCUT2D eigenvalue weighted by molar-refractivity contribution is 7.98. The van der Waals surface area contributed by atoms with Gasteiger partial charge in [0.1, 0.15) is 5.75 Å². The van der Waals surface area contributed by atoms with Gasteiger partial charge in [-0.25, -0.2) is 0 Å². The Morgan fingerprint density at radius 2 is 1.88 bits per heavy atom. The van der Waals surface area contributed by atoms with E-state index in [1.807, 2.05) is 50.2 Å². The molecule has 0 aromatic heterocycles. The van der Waals surface area contributed by atoms with Gasteiger partial charge in [-0.2, -0.15) is 11.8 Å². The van der Waals surface area contributed by atoms with Crippen molar-refractivity contribution in [1.82, 2.24) is 5.32 Å². The lowest BCUT2D eigenvalue weighted by Gasteiger charge is -2.16. The molecule has 1 amide bonds. The number of rotatable bonds is 8. The first-order chi connectivity index (χ1) is 12.4. The number of hydrogen-bond donors (Lipinski definition) is 1. The number of hydrogen-bond acceptors (Lipinski definition) is 3. The Kier molecular flexibility index (Phi) is 8.14. The van der Waals surface area contributed by atoms with Crippen LogP contribution in [0, 0.1) is 13.8 Å². The van der Waals surface area contributed by atoms with Crippen LogP contribution in [0.5, 0.6) is 5.75 Å². The maximum atomic E-state index is 12.2. The van der Waals surface area contributed by atoms with E-state index >= 15 is 0 Å². The molecule has 0 aliphatic heterocycles. The molecular weight excluding hydrogens is 389 g/mol. The van der Waals surface area contributed by atoms with Gasteiger partial charge in [0, 0.05) is 28.1 Å². The summed E-state index contributed by atoms with van der Waals surface area (Å²) in [7, 11) is 0. The fourth-order valence-corrected chi connectivity index (χ4v) is 3.57. The molecule has 0 radical (unpaired) electrons. The average Bonchev–Trinajstić information content (AvgIpc) is 2.59. The average molecular weight is 412 g/mol. The van der Waals surface area contributed by atoms with Crippen molar-refractivity contribution in [2.24, 2.45) is 0 Å². The van der Waals surface area contributed by atoms with E-state index < -0.39 is 6.10 Å². The van der Waals surface area contributed by atoms with Crippen LogP contribution in [0.2, 0.25) is 10.0 Å². The standard InChI is InChI=1S/C20H23Cl2NO2S/c1-13-9-18(10-14(2)19(13)22)25-15(3)20(24)23-7-8-26-12-16-5-4-6-17(21)11-16/h4-6,9-11,15H,7-8,12H2,1-3H3,(H,23,24)/t15-/m1/s1. The minimum Gasteiger partial charge on any atom is -0.481 e. The monoisotopic (exact) mass is 411 g/mol. The van der Waals surface area contributed by atoms with Crippen LogP contribution in [0.1, 0.15) is 23.6 Å². The highest BCUT2D eigenvalue weighted by atomic mass is 35.5. The highest BCUT2D eigenvalue weighted by Gasteiger charge is 2.15. The van der Waals surface area contributed by atoms with E-state index in [1.54, 1.807) is 18.7 Å². The van der Waals surface area contributed by atoms with Crippen LogP contribution in [-0.4, -0.2) is 24.3 Å². The van der Waals surface area contributed by atoms with Crippen LogP contribution in [-0.2, 0) is 10.5 Å². The number of ether oxygens (including phenoxy) is 1. The van der Waals surface area contributed by atoms with E-state index in [9.17, 15) is 4.79 Å². The van der Waals surface area contributed by atoms with Gasteiger partial charge in [-0.3, -0.25) is 4.79 Å². The summed E-state index contributed by atoms with van der Waals surface area (Å²) in [4.78, 5) is 12.2. The Morgan fingerprint density at radius 1 is 1.19 bits per heavy atom. The first-order valence-electron chi connectivity index (χ1n) is 8.40. The summed E-state index contributed by atoms with van der Waals surface area (Å²) >= 11 is 13.9. The summed E-state index contributed by atoms with van der Waals surface area (Å²) in [6.45, 7) is 6.18. The van der Waals surface area contributed by atoms with E-state index in [0.717, 1.165) is 32.7 Å². The second-order valence-corrected chi connectivity index (χ2v) is 8.02. The van der Waals surface area contributed by atoms with Crippen molar-refractivity contribution in [2.45, 2.75) is 32.6 Å². The molecule has 0 saturated carbocycles. The second kappa shape index (κ2) is 10.1. The molecule has 2 aromatic carbocycles. The van der Waals surface area contributed by atoms with Gasteiger partial charge in [0.15, 0.2) is 6.10 Å². The molecule has 0 bridgehead atoms. The second-order valence-electron chi connectivity index (χ2n) is 6.10. The van der Waals surface area contributed by atoms with Crippen LogP contribution < -0.4 is 10.1 Å². The minimum absolute atomic E-state index is 0.126. The molecule has 0 aliphatic rings. The molecule has 0 spiro atoms. The van der Waals surface area contributed by atoms with Crippen molar-refractivity contribution < 1.29 is 9.53 Å². The molecule has 0 heterocycles. The molecule has 0 aliphatic carbocycles. The molecule has 0 fully saturated rings. The zero-order valence-electron chi connectivity index (χ0n) is 15.1. The van der Waals surface area contributed by atoms with Gasteiger partial charge in [-0.05, 0) is 61.7 Å². The maximum absolute atomic E-state index is 12.2. The summed E-state index contributed by atoms with van der Waals surface area (Å²) in [5.74, 6) is 2.22. The molecule has 1 N–H and O–H groups in total. The van der Waals surface area contributed by atoms with E-state index in [4.69, 9.17) is 27.9 Å². The summed E-state index contributed by atoms with van der Waals surface area (Å²) in [5.41, 5.74) is 3.05. The predicted molar refractivity (Wildman–Crippen MR) is 112 cm³/mol. The van der Waals surface area contributed by atoms with Gasteiger partial charge in [0.2, 0.25) is 0 Å². The molecule has 3 nitrogen and oxygen atoms in total. The zero-order valence-corrected chi connectivity index (χ0v) is 17.5. The lowest BCUT2D eigenvalue weighted by molar-refractivity contribution is -0.127. The summed E-state index contributed by atoms with van der Waals surface area (Å²) < 4.78 is 5.74. The van der Waals surface area contributed by atoms with Crippen molar-refractivity contribution in [3.05, 3.63) is 63.1 Å². The van der Waals surface area contributed by atoms with Crippen LogP contribution >= 0.6 is 35.0 Å². The summed E-state index contributed by atoms with van der Waals surface area (Å²) in [6, 6.07) is 11.5. The number of amides is 1. The van der Waals surface area contributed by atoms with Gasteiger partial charge in [0.05, 0.1) is 0 Å². The fraction of sp³-hybridized carbons (Fsp3) is 0.350. The number of thioether (sulfide) groups is 1. The van der Waals surface area contributed by atoms with Gasteiger partial charge >= 0.3 is 0 Å². The number of carbonyl (C=O) groups is 1. The Labute approximate surface area is 169 Å². The maximum Gasteiger partial charge on any atom is 0.260 e. The van der Waals surface area contributed by atoms with Gasteiger partial charge in [0.25, 0.3) is 5.91 Å².